The highest BCUT2D eigenvalue weighted by Gasteiger charge is 2.32. The summed E-state index contributed by atoms with van der Waals surface area (Å²) in [6.07, 6.45) is 0.911. The SMILES string of the molecule is CC[C@H](C)NC(=O)[C@@H](Cc1ccccc1)N(Cc1ccc(C)cc1)C(=O)Cc1ccccc1[N+](=O)[O-]. The van der Waals surface area contributed by atoms with Crippen molar-refractivity contribution in [2.75, 3.05) is 0 Å². The predicted octanol–water partition coefficient (Wildman–Crippen LogP) is 5.00. The molecule has 0 saturated carbocycles. The van der Waals surface area contributed by atoms with Gasteiger partial charge in [-0.05, 0) is 31.4 Å². The lowest BCUT2D eigenvalue weighted by Gasteiger charge is -2.32. The van der Waals surface area contributed by atoms with Gasteiger partial charge in [-0.25, -0.2) is 0 Å². The molecular weight excluding hydrogens is 454 g/mol. The highest BCUT2D eigenvalue weighted by Crippen LogP contribution is 2.22. The molecule has 0 unspecified atom stereocenters. The van der Waals surface area contributed by atoms with Gasteiger partial charge < -0.3 is 10.2 Å². The normalized spacial score (nSPS) is 12.4. The van der Waals surface area contributed by atoms with Gasteiger partial charge in [0.1, 0.15) is 6.04 Å². The van der Waals surface area contributed by atoms with Gasteiger partial charge in [0.15, 0.2) is 0 Å². The maximum absolute atomic E-state index is 13.8. The molecule has 0 bridgehead atoms. The number of nitro benzene ring substituents is 1. The van der Waals surface area contributed by atoms with E-state index in [-0.39, 0.29) is 36.5 Å². The number of nitrogens with zero attached hydrogens (tertiary/aromatic N) is 2. The summed E-state index contributed by atoms with van der Waals surface area (Å²) in [6.45, 7) is 6.11. The van der Waals surface area contributed by atoms with E-state index in [1.807, 2.05) is 75.4 Å². The number of nitrogens with one attached hydrogen (secondary N) is 1. The van der Waals surface area contributed by atoms with E-state index < -0.39 is 11.0 Å². The van der Waals surface area contributed by atoms with Crippen LogP contribution in [0.2, 0.25) is 0 Å². The lowest BCUT2D eigenvalue weighted by molar-refractivity contribution is -0.385. The number of rotatable bonds is 11. The largest absolute Gasteiger partial charge is 0.352 e. The maximum atomic E-state index is 13.8. The Morgan fingerprint density at radius 1 is 0.944 bits per heavy atom. The van der Waals surface area contributed by atoms with Gasteiger partial charge >= 0.3 is 0 Å². The summed E-state index contributed by atoms with van der Waals surface area (Å²) in [5.41, 5.74) is 3.11. The maximum Gasteiger partial charge on any atom is 0.273 e. The average Bonchev–Trinajstić information content (AvgIpc) is 2.87. The summed E-state index contributed by atoms with van der Waals surface area (Å²) in [7, 11) is 0. The van der Waals surface area contributed by atoms with E-state index in [0.29, 0.717) is 12.0 Å². The Morgan fingerprint density at radius 2 is 1.58 bits per heavy atom. The molecule has 0 saturated heterocycles. The van der Waals surface area contributed by atoms with Crippen LogP contribution in [0.1, 0.15) is 42.5 Å². The molecule has 0 aliphatic heterocycles. The molecule has 3 aromatic rings. The molecule has 0 aromatic heterocycles. The zero-order chi connectivity index (χ0) is 26.1. The number of carbonyl (C=O) groups excluding carboxylic acids is 2. The first-order valence-electron chi connectivity index (χ1n) is 12.2. The Kier molecular flexibility index (Phi) is 9.33. The number of hydrogen-bond acceptors (Lipinski definition) is 4. The third kappa shape index (κ3) is 7.25. The van der Waals surface area contributed by atoms with Crippen molar-refractivity contribution >= 4 is 17.5 Å². The number of amides is 2. The Morgan fingerprint density at radius 3 is 2.22 bits per heavy atom. The minimum absolute atomic E-state index is 0.0534. The fraction of sp³-hybridized carbons (Fsp3) is 0.310. The molecule has 36 heavy (non-hydrogen) atoms. The average molecular weight is 488 g/mol. The lowest BCUT2D eigenvalue weighted by Crippen LogP contribution is -2.52. The van der Waals surface area contributed by atoms with Crippen molar-refractivity contribution in [2.24, 2.45) is 0 Å². The molecule has 0 fully saturated rings. The fourth-order valence-corrected chi connectivity index (χ4v) is 3.99. The second kappa shape index (κ2) is 12.6. The molecule has 3 aromatic carbocycles. The first kappa shape index (κ1) is 26.6. The molecule has 0 heterocycles. The van der Waals surface area contributed by atoms with Gasteiger partial charge in [-0.3, -0.25) is 19.7 Å². The van der Waals surface area contributed by atoms with E-state index in [1.54, 1.807) is 23.1 Å². The Balaban J connectivity index is 2.01. The Bertz CT molecular complexity index is 1180. The van der Waals surface area contributed by atoms with Crippen LogP contribution in [0.25, 0.3) is 0 Å². The van der Waals surface area contributed by atoms with E-state index in [1.165, 1.54) is 6.07 Å². The highest BCUT2D eigenvalue weighted by molar-refractivity contribution is 5.89. The van der Waals surface area contributed by atoms with E-state index >= 15 is 0 Å². The van der Waals surface area contributed by atoms with Crippen molar-refractivity contribution in [3.63, 3.8) is 0 Å². The second-order valence-electron chi connectivity index (χ2n) is 9.09. The van der Waals surface area contributed by atoms with Crippen molar-refractivity contribution in [1.82, 2.24) is 10.2 Å². The monoisotopic (exact) mass is 487 g/mol. The van der Waals surface area contributed by atoms with Gasteiger partial charge in [0, 0.05) is 30.6 Å². The van der Waals surface area contributed by atoms with Gasteiger partial charge in [-0.1, -0.05) is 85.3 Å². The quantitative estimate of drug-likeness (QED) is 0.304. The Hall–Kier alpha value is -4.00. The second-order valence-corrected chi connectivity index (χ2v) is 9.09. The molecular formula is C29H33N3O4. The van der Waals surface area contributed by atoms with Crippen LogP contribution in [0, 0.1) is 17.0 Å². The third-order valence-corrected chi connectivity index (χ3v) is 6.28. The summed E-state index contributed by atoms with van der Waals surface area (Å²) >= 11 is 0. The van der Waals surface area contributed by atoms with Crippen LogP contribution in [0.5, 0.6) is 0 Å². The van der Waals surface area contributed by atoms with Gasteiger partial charge in [-0.15, -0.1) is 0 Å². The van der Waals surface area contributed by atoms with Crippen molar-refractivity contribution in [3.05, 3.63) is 111 Å². The molecule has 1 N–H and O–H groups in total. The molecule has 7 nitrogen and oxygen atoms in total. The zero-order valence-corrected chi connectivity index (χ0v) is 21.0. The van der Waals surface area contributed by atoms with Crippen molar-refractivity contribution in [2.45, 2.75) is 58.7 Å². The summed E-state index contributed by atoms with van der Waals surface area (Å²) in [4.78, 5) is 39.9. The van der Waals surface area contributed by atoms with Crippen LogP contribution in [0.4, 0.5) is 5.69 Å². The molecule has 0 radical (unpaired) electrons. The van der Waals surface area contributed by atoms with Crippen LogP contribution < -0.4 is 5.32 Å². The van der Waals surface area contributed by atoms with E-state index in [0.717, 1.165) is 23.1 Å². The van der Waals surface area contributed by atoms with Crippen molar-refractivity contribution in [1.29, 1.82) is 0 Å². The molecule has 0 spiro atoms. The zero-order valence-electron chi connectivity index (χ0n) is 21.0. The summed E-state index contributed by atoms with van der Waals surface area (Å²) < 4.78 is 0. The highest BCUT2D eigenvalue weighted by atomic mass is 16.6. The molecule has 0 aliphatic carbocycles. The molecule has 2 amide bonds. The molecule has 7 heteroatoms. The van der Waals surface area contributed by atoms with Gasteiger partial charge in [0.2, 0.25) is 11.8 Å². The number of hydrogen-bond donors (Lipinski definition) is 1. The van der Waals surface area contributed by atoms with E-state index in [9.17, 15) is 19.7 Å². The number of carbonyl (C=O) groups is 2. The minimum Gasteiger partial charge on any atom is -0.352 e. The van der Waals surface area contributed by atoms with E-state index in [2.05, 4.69) is 5.32 Å². The molecule has 0 aliphatic rings. The molecule has 3 rings (SSSR count). The first-order chi connectivity index (χ1) is 17.3. The summed E-state index contributed by atoms with van der Waals surface area (Å²) in [5, 5.41) is 14.6. The van der Waals surface area contributed by atoms with Crippen molar-refractivity contribution < 1.29 is 14.5 Å². The van der Waals surface area contributed by atoms with E-state index in [4.69, 9.17) is 0 Å². The van der Waals surface area contributed by atoms with Gasteiger partial charge in [-0.2, -0.15) is 0 Å². The van der Waals surface area contributed by atoms with Crippen LogP contribution in [-0.4, -0.2) is 33.7 Å². The van der Waals surface area contributed by atoms with Crippen LogP contribution in [-0.2, 0) is 29.0 Å². The van der Waals surface area contributed by atoms with Crippen LogP contribution in [0.15, 0.2) is 78.9 Å². The summed E-state index contributed by atoms with van der Waals surface area (Å²) in [5.74, 6) is -0.582. The number of para-hydroxylation sites is 1. The topological polar surface area (TPSA) is 92.6 Å². The summed E-state index contributed by atoms with van der Waals surface area (Å²) in [6, 6.07) is 22.8. The number of nitro groups is 1. The predicted molar refractivity (Wildman–Crippen MR) is 140 cm³/mol. The van der Waals surface area contributed by atoms with Gasteiger partial charge in [0.05, 0.1) is 11.3 Å². The van der Waals surface area contributed by atoms with Gasteiger partial charge in [0.25, 0.3) is 5.69 Å². The first-order valence-corrected chi connectivity index (χ1v) is 12.2. The Labute approximate surface area is 212 Å². The van der Waals surface area contributed by atoms with Crippen molar-refractivity contribution in [3.8, 4) is 0 Å². The molecule has 2 atom stereocenters. The fourth-order valence-electron chi connectivity index (χ4n) is 3.99. The standard InChI is InChI=1S/C29H33N3O4/c1-4-22(3)30-29(34)27(18-23-10-6-5-7-11-23)31(20-24-16-14-21(2)15-17-24)28(33)19-25-12-8-9-13-26(25)32(35)36/h5-17,22,27H,4,18-20H2,1-3H3,(H,30,34)/t22-,27+/m0/s1. The smallest absolute Gasteiger partial charge is 0.273 e. The van der Waals surface area contributed by atoms with Crippen LogP contribution >= 0.6 is 0 Å². The number of benzene rings is 3. The lowest BCUT2D eigenvalue weighted by atomic mass is 10.0. The number of aryl methyl sites for hydroxylation is 1. The minimum atomic E-state index is -0.780. The van der Waals surface area contributed by atoms with Crippen LogP contribution in [0.3, 0.4) is 0 Å². The third-order valence-electron chi connectivity index (χ3n) is 6.28. The molecule has 188 valence electrons.